The first-order chi connectivity index (χ1) is 13.2. The summed E-state index contributed by atoms with van der Waals surface area (Å²) in [5.41, 5.74) is -0.498. The molecule has 5 nitrogen and oxygen atoms in total. The second-order valence-corrected chi connectivity index (χ2v) is 6.18. The molecular weight excluding hydrogens is 371 g/mol. The Morgan fingerprint density at radius 1 is 0.964 bits per heavy atom. The van der Waals surface area contributed by atoms with E-state index >= 15 is 0 Å². The molecule has 0 aliphatic rings. The second-order valence-electron chi connectivity index (χ2n) is 6.18. The van der Waals surface area contributed by atoms with Crippen molar-refractivity contribution in [1.29, 1.82) is 0 Å². The van der Waals surface area contributed by atoms with Gasteiger partial charge in [-0.2, -0.15) is 13.2 Å². The van der Waals surface area contributed by atoms with Crippen molar-refractivity contribution in [2.75, 3.05) is 36.9 Å². The number of carbonyl (C=O) groups is 2. The van der Waals surface area contributed by atoms with E-state index in [1.54, 1.807) is 31.0 Å². The van der Waals surface area contributed by atoms with Crippen LogP contribution < -0.4 is 10.2 Å². The van der Waals surface area contributed by atoms with Gasteiger partial charge in [-0.15, -0.1) is 0 Å². The van der Waals surface area contributed by atoms with E-state index < -0.39 is 17.6 Å². The van der Waals surface area contributed by atoms with Crippen LogP contribution in [0.4, 0.5) is 24.5 Å². The van der Waals surface area contributed by atoms with Crippen molar-refractivity contribution in [3.8, 4) is 0 Å². The molecule has 8 heteroatoms. The summed E-state index contributed by atoms with van der Waals surface area (Å²) in [6.07, 6.45) is -4.57. The highest BCUT2D eigenvalue weighted by Gasteiger charge is 2.33. The van der Waals surface area contributed by atoms with Gasteiger partial charge >= 0.3 is 6.18 Å². The fourth-order valence-electron chi connectivity index (χ4n) is 2.60. The number of alkyl halides is 3. The molecule has 0 atom stereocenters. The molecule has 0 bridgehead atoms. The summed E-state index contributed by atoms with van der Waals surface area (Å²) >= 11 is 0. The Hall–Kier alpha value is -2.87. The van der Waals surface area contributed by atoms with Gasteiger partial charge < -0.3 is 10.2 Å². The average molecular weight is 393 g/mol. The topological polar surface area (TPSA) is 52.7 Å². The third-order valence-electron chi connectivity index (χ3n) is 4.20. The zero-order valence-corrected chi connectivity index (χ0v) is 15.7. The number of likely N-dealkylation sites (N-methyl/N-ethyl adjacent to an activating group) is 2. The highest BCUT2D eigenvalue weighted by atomic mass is 19.4. The summed E-state index contributed by atoms with van der Waals surface area (Å²) in [7, 11) is 1.63. The Labute approximate surface area is 161 Å². The van der Waals surface area contributed by atoms with Crippen LogP contribution in [-0.2, 0) is 15.8 Å². The van der Waals surface area contributed by atoms with Crippen LogP contribution in [0.2, 0.25) is 0 Å². The minimum Gasteiger partial charge on any atom is -0.324 e. The van der Waals surface area contributed by atoms with Crippen LogP contribution in [0.5, 0.6) is 0 Å². The second kappa shape index (κ2) is 9.36. The number of hydrogen-bond donors (Lipinski definition) is 1. The van der Waals surface area contributed by atoms with E-state index in [4.69, 9.17) is 0 Å². The molecule has 0 spiro atoms. The smallest absolute Gasteiger partial charge is 0.324 e. The van der Waals surface area contributed by atoms with E-state index in [1.165, 1.54) is 23.1 Å². The number of amides is 2. The van der Waals surface area contributed by atoms with E-state index in [1.807, 2.05) is 18.2 Å². The lowest BCUT2D eigenvalue weighted by molar-refractivity contribution is -0.137. The molecule has 150 valence electrons. The molecule has 0 heterocycles. The zero-order chi connectivity index (χ0) is 20.7. The summed E-state index contributed by atoms with van der Waals surface area (Å²) in [4.78, 5) is 27.7. The Morgan fingerprint density at radius 3 is 2.18 bits per heavy atom. The number of benzene rings is 2. The predicted octanol–water partition coefficient (Wildman–Crippen LogP) is 3.63. The molecule has 0 aliphatic carbocycles. The van der Waals surface area contributed by atoms with Crippen molar-refractivity contribution >= 4 is 23.2 Å². The van der Waals surface area contributed by atoms with Gasteiger partial charge in [-0.25, -0.2) is 0 Å². The molecule has 0 radical (unpaired) electrons. The molecule has 0 fully saturated rings. The van der Waals surface area contributed by atoms with E-state index in [0.717, 1.165) is 6.07 Å². The van der Waals surface area contributed by atoms with Gasteiger partial charge in [0.05, 0.1) is 24.3 Å². The fourth-order valence-corrected chi connectivity index (χ4v) is 2.60. The molecule has 0 saturated carbocycles. The van der Waals surface area contributed by atoms with Gasteiger partial charge in [0.2, 0.25) is 11.8 Å². The third kappa shape index (κ3) is 5.82. The first-order valence-electron chi connectivity index (χ1n) is 8.72. The molecule has 1 N–H and O–H groups in total. The quantitative estimate of drug-likeness (QED) is 0.782. The van der Waals surface area contributed by atoms with Crippen LogP contribution in [0, 0.1) is 0 Å². The minimum atomic E-state index is -4.57. The van der Waals surface area contributed by atoms with Crippen molar-refractivity contribution in [3.63, 3.8) is 0 Å². The largest absolute Gasteiger partial charge is 0.418 e. The first kappa shape index (κ1) is 21.4. The van der Waals surface area contributed by atoms with E-state index in [9.17, 15) is 22.8 Å². The minimum absolute atomic E-state index is 0.0315. The molecule has 0 unspecified atom stereocenters. The number of para-hydroxylation sites is 2. The number of hydrogen-bond acceptors (Lipinski definition) is 3. The Bertz CT molecular complexity index is 810. The van der Waals surface area contributed by atoms with E-state index in [0.29, 0.717) is 12.2 Å². The number of nitrogens with zero attached hydrogens (tertiary/aromatic N) is 2. The van der Waals surface area contributed by atoms with Gasteiger partial charge in [0, 0.05) is 12.7 Å². The number of rotatable bonds is 7. The van der Waals surface area contributed by atoms with Crippen LogP contribution in [0.25, 0.3) is 0 Å². The summed E-state index contributed by atoms with van der Waals surface area (Å²) < 4.78 is 39.1. The monoisotopic (exact) mass is 393 g/mol. The van der Waals surface area contributed by atoms with Crippen LogP contribution in [0.1, 0.15) is 12.5 Å². The number of halogens is 3. The molecule has 0 aromatic heterocycles. The lowest BCUT2D eigenvalue weighted by atomic mass is 10.1. The highest BCUT2D eigenvalue weighted by molar-refractivity contribution is 5.96. The number of nitrogens with one attached hydrogen (secondary N) is 1. The van der Waals surface area contributed by atoms with Crippen LogP contribution in [0.15, 0.2) is 54.6 Å². The molecule has 0 aliphatic heterocycles. The van der Waals surface area contributed by atoms with Gasteiger partial charge in [0.15, 0.2) is 0 Å². The van der Waals surface area contributed by atoms with Gasteiger partial charge in [0.25, 0.3) is 0 Å². The normalized spacial score (nSPS) is 11.4. The van der Waals surface area contributed by atoms with Crippen LogP contribution in [0.3, 0.4) is 0 Å². The highest BCUT2D eigenvalue weighted by Crippen LogP contribution is 2.34. The Morgan fingerprint density at radius 2 is 1.57 bits per heavy atom. The number of anilines is 2. The molecule has 2 amide bonds. The Balaban J connectivity index is 1.99. The predicted molar refractivity (Wildman–Crippen MR) is 102 cm³/mol. The number of carbonyl (C=O) groups excluding carboxylic acids is 2. The first-order valence-corrected chi connectivity index (χ1v) is 8.72. The zero-order valence-electron chi connectivity index (χ0n) is 15.7. The van der Waals surface area contributed by atoms with Crippen molar-refractivity contribution in [2.24, 2.45) is 0 Å². The third-order valence-corrected chi connectivity index (χ3v) is 4.20. The van der Waals surface area contributed by atoms with E-state index in [-0.39, 0.29) is 24.7 Å². The molecule has 2 rings (SSSR count). The summed E-state index contributed by atoms with van der Waals surface area (Å²) in [5, 5.41) is 2.29. The van der Waals surface area contributed by atoms with Crippen molar-refractivity contribution in [3.05, 3.63) is 60.2 Å². The maximum atomic E-state index is 13.0. The van der Waals surface area contributed by atoms with Crippen molar-refractivity contribution < 1.29 is 22.8 Å². The standard InChI is InChI=1S/C20H22F3N3O2/c1-3-26(14-19(28)25(2)15-9-5-4-6-10-15)13-18(27)24-17-12-8-7-11-16(17)20(21,22)23/h4-12H,3,13-14H2,1-2H3,(H,24,27). The average Bonchev–Trinajstić information content (AvgIpc) is 2.67. The SMILES string of the molecule is CCN(CC(=O)Nc1ccccc1C(F)(F)F)CC(=O)N(C)c1ccccc1. The van der Waals surface area contributed by atoms with E-state index in [2.05, 4.69) is 5.32 Å². The van der Waals surface area contributed by atoms with Gasteiger partial charge in [-0.3, -0.25) is 14.5 Å². The molecular formula is C20H22F3N3O2. The lowest BCUT2D eigenvalue weighted by Gasteiger charge is -2.24. The van der Waals surface area contributed by atoms with Crippen molar-refractivity contribution in [1.82, 2.24) is 4.90 Å². The summed E-state index contributed by atoms with van der Waals surface area (Å²) in [5.74, 6) is -0.842. The lowest BCUT2D eigenvalue weighted by Crippen LogP contribution is -2.42. The molecule has 2 aromatic carbocycles. The van der Waals surface area contributed by atoms with Gasteiger partial charge in [-0.1, -0.05) is 37.3 Å². The summed E-state index contributed by atoms with van der Waals surface area (Å²) in [6.45, 7) is 1.93. The Kier molecular flexibility index (Phi) is 7.17. The summed E-state index contributed by atoms with van der Waals surface area (Å²) in [6, 6.07) is 13.8. The molecule has 0 saturated heterocycles. The van der Waals surface area contributed by atoms with Gasteiger partial charge in [-0.05, 0) is 30.8 Å². The molecule has 28 heavy (non-hydrogen) atoms. The molecule has 2 aromatic rings. The van der Waals surface area contributed by atoms with Crippen molar-refractivity contribution in [2.45, 2.75) is 13.1 Å². The van der Waals surface area contributed by atoms with Gasteiger partial charge in [0.1, 0.15) is 0 Å². The van der Waals surface area contributed by atoms with Crippen LogP contribution in [-0.4, -0.2) is 43.4 Å². The fraction of sp³-hybridized carbons (Fsp3) is 0.300. The maximum absolute atomic E-state index is 13.0. The maximum Gasteiger partial charge on any atom is 0.418 e. The van der Waals surface area contributed by atoms with Crippen LogP contribution >= 0.6 is 0 Å².